The fourth-order valence-corrected chi connectivity index (χ4v) is 3.64. The molecule has 2 aromatic carbocycles. The van der Waals surface area contributed by atoms with Crippen LogP contribution in [0.4, 0.5) is 0 Å². The number of hydrogen-bond donors (Lipinski definition) is 3. The summed E-state index contributed by atoms with van der Waals surface area (Å²) in [6, 6.07) is 13.7. The van der Waals surface area contributed by atoms with Crippen LogP contribution in [-0.2, 0) is 11.3 Å². The van der Waals surface area contributed by atoms with Gasteiger partial charge in [-0.05, 0) is 47.7 Å². The molecule has 1 unspecified atom stereocenters. The summed E-state index contributed by atoms with van der Waals surface area (Å²) in [6.07, 6.45) is 2.20. The number of rotatable bonds is 8. The minimum Gasteiger partial charge on any atom is -0.350 e. The van der Waals surface area contributed by atoms with Crippen LogP contribution in [0.3, 0.4) is 0 Å². The number of halogens is 2. The predicted molar refractivity (Wildman–Crippen MR) is 123 cm³/mol. The number of nitrogens with zero attached hydrogens (tertiary/aromatic N) is 1. The lowest BCUT2D eigenvalue weighted by atomic mass is 10.0. The molecule has 0 fully saturated rings. The molecular weight excluding hydrogens is 435 g/mol. The molecule has 2 amide bonds. The lowest BCUT2D eigenvalue weighted by Crippen LogP contribution is -2.47. The van der Waals surface area contributed by atoms with E-state index in [9.17, 15) is 9.59 Å². The minimum atomic E-state index is -0.677. The molecule has 0 bridgehead atoms. The molecule has 0 aliphatic rings. The van der Waals surface area contributed by atoms with Gasteiger partial charge in [0, 0.05) is 17.8 Å². The normalized spacial score (nSPS) is 11.9. The van der Waals surface area contributed by atoms with Gasteiger partial charge in [0.25, 0.3) is 5.91 Å². The second-order valence-corrected chi connectivity index (χ2v) is 8.51. The maximum atomic E-state index is 12.8. The van der Waals surface area contributed by atoms with Gasteiger partial charge in [0.05, 0.1) is 16.3 Å². The number of benzene rings is 2. The van der Waals surface area contributed by atoms with Crippen LogP contribution < -0.4 is 10.6 Å². The number of nitrogens with one attached hydrogen (secondary N) is 3. The highest BCUT2D eigenvalue weighted by Crippen LogP contribution is 2.21. The second-order valence-electron chi connectivity index (χ2n) is 7.66. The van der Waals surface area contributed by atoms with Gasteiger partial charge in [0.1, 0.15) is 6.04 Å². The Morgan fingerprint density at radius 3 is 2.42 bits per heavy atom. The van der Waals surface area contributed by atoms with Crippen LogP contribution in [0.2, 0.25) is 10.0 Å². The first kappa shape index (κ1) is 22.8. The van der Waals surface area contributed by atoms with E-state index in [0.717, 1.165) is 16.8 Å². The third kappa shape index (κ3) is 6.32. The van der Waals surface area contributed by atoms with Gasteiger partial charge in [-0.1, -0.05) is 61.3 Å². The van der Waals surface area contributed by atoms with Gasteiger partial charge in [-0.3, -0.25) is 14.7 Å². The van der Waals surface area contributed by atoms with Gasteiger partial charge < -0.3 is 10.6 Å². The van der Waals surface area contributed by atoms with E-state index in [0.29, 0.717) is 18.0 Å². The lowest BCUT2D eigenvalue weighted by molar-refractivity contribution is -0.123. The number of aromatic nitrogens is 2. The van der Waals surface area contributed by atoms with Crippen molar-refractivity contribution in [1.82, 2.24) is 20.8 Å². The summed E-state index contributed by atoms with van der Waals surface area (Å²) in [6.45, 7) is 4.35. The summed E-state index contributed by atoms with van der Waals surface area (Å²) in [5.41, 5.74) is 3.17. The first-order valence-electron chi connectivity index (χ1n) is 9.96. The van der Waals surface area contributed by atoms with Gasteiger partial charge in [0.15, 0.2) is 0 Å². The number of amides is 2. The number of H-pyrrole nitrogens is 1. The maximum Gasteiger partial charge on any atom is 0.253 e. The highest BCUT2D eigenvalue weighted by Gasteiger charge is 2.23. The highest BCUT2D eigenvalue weighted by molar-refractivity contribution is 6.36. The smallest absolute Gasteiger partial charge is 0.253 e. The van der Waals surface area contributed by atoms with Gasteiger partial charge in [-0.15, -0.1) is 0 Å². The summed E-state index contributed by atoms with van der Waals surface area (Å²) < 4.78 is 0. The molecule has 3 aromatic rings. The Kier molecular flexibility index (Phi) is 7.71. The number of hydrogen-bond acceptors (Lipinski definition) is 3. The van der Waals surface area contributed by atoms with Gasteiger partial charge in [-0.25, -0.2) is 0 Å². The molecule has 1 heterocycles. The Morgan fingerprint density at radius 2 is 1.81 bits per heavy atom. The Balaban J connectivity index is 1.63. The first-order chi connectivity index (χ1) is 14.8. The molecule has 1 aromatic heterocycles. The third-order valence-electron chi connectivity index (χ3n) is 4.74. The van der Waals surface area contributed by atoms with Crippen molar-refractivity contribution in [2.75, 3.05) is 0 Å². The van der Waals surface area contributed by atoms with E-state index in [1.165, 1.54) is 6.07 Å². The summed E-state index contributed by atoms with van der Waals surface area (Å²) in [7, 11) is 0. The third-order valence-corrected chi connectivity index (χ3v) is 5.28. The van der Waals surface area contributed by atoms with Crippen molar-refractivity contribution in [3.8, 4) is 11.3 Å². The topological polar surface area (TPSA) is 86.9 Å². The van der Waals surface area contributed by atoms with Crippen LogP contribution in [-0.4, -0.2) is 28.1 Å². The molecule has 31 heavy (non-hydrogen) atoms. The molecule has 0 aliphatic heterocycles. The summed E-state index contributed by atoms with van der Waals surface area (Å²) in [5.74, 6) is -0.443. The average molecular weight is 459 g/mol. The van der Waals surface area contributed by atoms with E-state index >= 15 is 0 Å². The fraction of sp³-hybridized carbons (Fsp3) is 0.261. The van der Waals surface area contributed by atoms with Crippen molar-refractivity contribution >= 4 is 35.0 Å². The van der Waals surface area contributed by atoms with Crippen LogP contribution in [0, 0.1) is 5.92 Å². The molecule has 162 valence electrons. The number of aromatic amines is 1. The van der Waals surface area contributed by atoms with Crippen molar-refractivity contribution in [2.45, 2.75) is 32.9 Å². The highest BCUT2D eigenvalue weighted by atomic mass is 35.5. The minimum absolute atomic E-state index is 0.213. The Hall–Kier alpha value is -2.83. The zero-order chi connectivity index (χ0) is 22.4. The predicted octanol–water partition coefficient (Wildman–Crippen LogP) is 4.84. The summed E-state index contributed by atoms with van der Waals surface area (Å²) in [5, 5.41) is 13.3. The van der Waals surface area contributed by atoms with Crippen LogP contribution in [0.15, 0.2) is 54.7 Å². The van der Waals surface area contributed by atoms with Crippen molar-refractivity contribution in [2.24, 2.45) is 5.92 Å². The summed E-state index contributed by atoms with van der Waals surface area (Å²) in [4.78, 5) is 25.5. The molecule has 0 saturated heterocycles. The van der Waals surface area contributed by atoms with E-state index < -0.39 is 11.9 Å². The molecule has 8 heteroatoms. The summed E-state index contributed by atoms with van der Waals surface area (Å²) >= 11 is 12.0. The zero-order valence-corrected chi connectivity index (χ0v) is 18.8. The van der Waals surface area contributed by atoms with Crippen LogP contribution >= 0.6 is 23.2 Å². The Labute approximate surface area is 191 Å². The quantitative estimate of drug-likeness (QED) is 0.450. The lowest BCUT2D eigenvalue weighted by Gasteiger charge is -2.20. The van der Waals surface area contributed by atoms with Crippen molar-refractivity contribution < 1.29 is 9.59 Å². The van der Waals surface area contributed by atoms with Crippen molar-refractivity contribution in [3.63, 3.8) is 0 Å². The van der Waals surface area contributed by atoms with E-state index in [1.807, 2.05) is 44.2 Å². The van der Waals surface area contributed by atoms with Crippen LogP contribution in [0.5, 0.6) is 0 Å². The molecule has 3 rings (SSSR count). The molecule has 0 saturated carbocycles. The number of carbonyl (C=O) groups is 2. The van der Waals surface area contributed by atoms with E-state index in [4.69, 9.17) is 23.2 Å². The first-order valence-corrected chi connectivity index (χ1v) is 10.7. The molecule has 0 aliphatic carbocycles. The van der Waals surface area contributed by atoms with Crippen LogP contribution in [0.1, 0.15) is 36.2 Å². The van der Waals surface area contributed by atoms with E-state index in [2.05, 4.69) is 20.8 Å². The Bertz CT molecular complexity index is 1030. The van der Waals surface area contributed by atoms with Gasteiger partial charge >= 0.3 is 0 Å². The average Bonchev–Trinajstić information content (AvgIpc) is 3.26. The van der Waals surface area contributed by atoms with Crippen LogP contribution in [0.25, 0.3) is 11.3 Å². The number of carbonyl (C=O) groups excluding carboxylic acids is 2. The molecular formula is C23H24Cl2N4O2. The van der Waals surface area contributed by atoms with Gasteiger partial charge in [-0.2, -0.15) is 5.10 Å². The Morgan fingerprint density at radius 1 is 1.06 bits per heavy atom. The molecule has 1 atom stereocenters. The monoisotopic (exact) mass is 458 g/mol. The largest absolute Gasteiger partial charge is 0.350 e. The molecule has 0 radical (unpaired) electrons. The molecule has 3 N–H and O–H groups in total. The SMILES string of the molecule is CC(C)CC(NC(=O)c1ccc(Cl)cc1Cl)C(=O)NCc1ccc(-c2ccn[nH]2)cc1. The van der Waals surface area contributed by atoms with Gasteiger partial charge in [0.2, 0.25) is 5.91 Å². The fourth-order valence-electron chi connectivity index (χ4n) is 3.14. The van der Waals surface area contributed by atoms with Crippen molar-refractivity contribution in [3.05, 3.63) is 75.9 Å². The van der Waals surface area contributed by atoms with E-state index in [1.54, 1.807) is 18.3 Å². The molecule has 6 nitrogen and oxygen atoms in total. The van der Waals surface area contributed by atoms with E-state index in [-0.39, 0.29) is 22.4 Å². The van der Waals surface area contributed by atoms with Crippen molar-refractivity contribution in [1.29, 1.82) is 0 Å². The second kappa shape index (κ2) is 10.5. The standard InChI is InChI=1S/C23H24Cl2N4O2/c1-14(2)11-21(28-22(30)18-8-7-17(24)12-19(18)25)23(31)26-13-15-3-5-16(6-4-15)20-9-10-27-29-20/h3-10,12,14,21H,11,13H2,1-2H3,(H,26,31)(H,27,29)(H,28,30). The maximum absolute atomic E-state index is 12.8. The zero-order valence-electron chi connectivity index (χ0n) is 17.3. The molecule has 0 spiro atoms.